The van der Waals surface area contributed by atoms with E-state index in [4.69, 9.17) is 16.3 Å². The van der Waals surface area contributed by atoms with Gasteiger partial charge in [-0.15, -0.1) is 0 Å². The zero-order valence-corrected chi connectivity index (χ0v) is 13.8. The number of nitrogens with zero attached hydrogens (tertiary/aromatic N) is 2. The highest BCUT2D eigenvalue weighted by Gasteiger charge is 2.41. The summed E-state index contributed by atoms with van der Waals surface area (Å²) in [4.78, 5) is 39.2. The van der Waals surface area contributed by atoms with Crippen LogP contribution in [-0.2, 0) is 19.1 Å². The van der Waals surface area contributed by atoms with E-state index in [2.05, 4.69) is 5.32 Å². The number of amides is 3. The number of rotatable bonds is 3. The molecule has 1 aromatic rings. The molecule has 0 saturated carbocycles. The van der Waals surface area contributed by atoms with Gasteiger partial charge in [-0.05, 0) is 18.2 Å². The van der Waals surface area contributed by atoms with Crippen LogP contribution in [0.5, 0.6) is 0 Å². The molecule has 7 nitrogen and oxygen atoms in total. The molecule has 3 rings (SSSR count). The van der Waals surface area contributed by atoms with Crippen LogP contribution in [0.4, 0.5) is 11.4 Å². The Balaban J connectivity index is 1.89. The fraction of sp³-hybridized carbons (Fsp3) is 0.312. The fourth-order valence-electron chi connectivity index (χ4n) is 2.71. The summed E-state index contributed by atoms with van der Waals surface area (Å²) in [6, 6.07) is 6.51. The van der Waals surface area contributed by atoms with Crippen LogP contribution in [0.2, 0.25) is 0 Å². The van der Waals surface area contributed by atoms with Crippen molar-refractivity contribution in [3.05, 3.63) is 35.0 Å². The zero-order chi connectivity index (χ0) is 17.3. The number of nitrogens with one attached hydrogen (secondary N) is 1. The minimum Gasteiger partial charge on any atom is -0.378 e. The monoisotopic (exact) mass is 349 g/mol. The number of benzene rings is 1. The fourth-order valence-corrected chi connectivity index (χ4v) is 3.00. The molecule has 1 saturated heterocycles. The third-order valence-electron chi connectivity index (χ3n) is 3.76. The number of carbonyl (C=O) groups is 3. The Kier molecular flexibility index (Phi) is 4.55. The topological polar surface area (TPSA) is 79.0 Å². The molecule has 1 fully saturated rings. The van der Waals surface area contributed by atoms with E-state index >= 15 is 0 Å². The summed E-state index contributed by atoms with van der Waals surface area (Å²) in [5, 5.41) is 2.53. The first kappa shape index (κ1) is 16.5. The molecule has 24 heavy (non-hydrogen) atoms. The van der Waals surface area contributed by atoms with Gasteiger partial charge in [0, 0.05) is 25.7 Å². The van der Waals surface area contributed by atoms with E-state index in [0.717, 1.165) is 4.90 Å². The lowest BCUT2D eigenvalue weighted by molar-refractivity contribution is -0.121. The molecule has 0 unspecified atom stereocenters. The Hall–Kier alpha value is -2.38. The van der Waals surface area contributed by atoms with Crippen LogP contribution in [0.3, 0.4) is 0 Å². The molecule has 0 aromatic heterocycles. The van der Waals surface area contributed by atoms with Crippen molar-refractivity contribution in [1.29, 1.82) is 0 Å². The zero-order valence-electron chi connectivity index (χ0n) is 13.0. The Morgan fingerprint density at radius 3 is 2.58 bits per heavy atom. The van der Waals surface area contributed by atoms with E-state index in [0.29, 0.717) is 37.7 Å². The van der Waals surface area contributed by atoms with E-state index in [9.17, 15) is 14.4 Å². The van der Waals surface area contributed by atoms with Crippen molar-refractivity contribution >= 4 is 40.7 Å². The summed E-state index contributed by atoms with van der Waals surface area (Å²) < 4.78 is 5.26. The van der Waals surface area contributed by atoms with Crippen LogP contribution in [0.1, 0.15) is 6.92 Å². The van der Waals surface area contributed by atoms with Gasteiger partial charge in [0.15, 0.2) is 0 Å². The predicted octanol–water partition coefficient (Wildman–Crippen LogP) is 1.30. The molecule has 126 valence electrons. The number of halogens is 1. The van der Waals surface area contributed by atoms with E-state index in [-0.39, 0.29) is 16.6 Å². The number of ether oxygens (including phenoxy) is 1. The molecule has 0 aliphatic carbocycles. The van der Waals surface area contributed by atoms with Crippen LogP contribution in [0, 0.1) is 0 Å². The second-order valence-electron chi connectivity index (χ2n) is 5.44. The van der Waals surface area contributed by atoms with Gasteiger partial charge in [0.1, 0.15) is 10.7 Å². The number of morpholine rings is 1. The van der Waals surface area contributed by atoms with Gasteiger partial charge >= 0.3 is 0 Å². The first-order chi connectivity index (χ1) is 11.5. The number of hydrogen-bond donors (Lipinski definition) is 1. The molecular weight excluding hydrogens is 334 g/mol. The van der Waals surface area contributed by atoms with Gasteiger partial charge in [0.2, 0.25) is 5.91 Å². The summed E-state index contributed by atoms with van der Waals surface area (Å²) in [6.45, 7) is 3.35. The van der Waals surface area contributed by atoms with Gasteiger partial charge in [-0.3, -0.25) is 14.4 Å². The summed E-state index contributed by atoms with van der Waals surface area (Å²) in [5.74, 6) is -1.27. The quantitative estimate of drug-likeness (QED) is 0.832. The standard InChI is InChI=1S/C16H16ClN3O4/c1-10(21)18-11-3-2-4-12(9-11)20-15(22)13(17)14(16(20)23)19-5-7-24-8-6-19/h2-4,9H,5-8H2,1H3,(H,18,21). The molecule has 1 N–H and O–H groups in total. The maximum Gasteiger partial charge on any atom is 0.283 e. The Morgan fingerprint density at radius 2 is 1.92 bits per heavy atom. The Morgan fingerprint density at radius 1 is 1.21 bits per heavy atom. The van der Waals surface area contributed by atoms with Crippen molar-refractivity contribution in [3.8, 4) is 0 Å². The largest absolute Gasteiger partial charge is 0.378 e. The minimum atomic E-state index is -0.567. The van der Waals surface area contributed by atoms with Crippen molar-refractivity contribution in [2.45, 2.75) is 6.92 Å². The van der Waals surface area contributed by atoms with Gasteiger partial charge in [0.25, 0.3) is 11.8 Å². The van der Waals surface area contributed by atoms with Crippen LogP contribution in [0.15, 0.2) is 35.0 Å². The molecule has 3 amide bonds. The third-order valence-corrected chi connectivity index (χ3v) is 4.10. The van der Waals surface area contributed by atoms with Crippen LogP contribution < -0.4 is 10.2 Å². The molecule has 0 spiro atoms. The lowest BCUT2D eigenvalue weighted by atomic mass is 10.2. The SMILES string of the molecule is CC(=O)Nc1cccc(N2C(=O)C(Cl)=C(N3CCOCC3)C2=O)c1. The van der Waals surface area contributed by atoms with Crippen molar-refractivity contribution in [1.82, 2.24) is 4.90 Å². The molecular formula is C16H16ClN3O4. The second-order valence-corrected chi connectivity index (χ2v) is 5.82. The molecule has 0 radical (unpaired) electrons. The van der Waals surface area contributed by atoms with E-state index < -0.39 is 11.8 Å². The highest BCUT2D eigenvalue weighted by atomic mass is 35.5. The number of carbonyl (C=O) groups excluding carboxylic acids is 3. The maximum atomic E-state index is 12.8. The Labute approximate surface area is 143 Å². The first-order valence-corrected chi connectivity index (χ1v) is 7.85. The average molecular weight is 350 g/mol. The molecule has 2 aliphatic heterocycles. The van der Waals surface area contributed by atoms with Gasteiger partial charge in [-0.25, -0.2) is 4.90 Å². The number of imide groups is 1. The molecule has 2 aliphatic rings. The first-order valence-electron chi connectivity index (χ1n) is 7.48. The summed E-state index contributed by atoms with van der Waals surface area (Å²) in [5.41, 5.74) is 1.06. The van der Waals surface area contributed by atoms with E-state index in [1.165, 1.54) is 6.92 Å². The maximum absolute atomic E-state index is 12.8. The lowest BCUT2D eigenvalue weighted by Gasteiger charge is -2.29. The number of anilines is 2. The smallest absolute Gasteiger partial charge is 0.283 e. The van der Waals surface area contributed by atoms with Crippen molar-refractivity contribution in [3.63, 3.8) is 0 Å². The summed E-state index contributed by atoms with van der Waals surface area (Å²) >= 11 is 6.14. The molecule has 2 heterocycles. The molecule has 0 bridgehead atoms. The minimum absolute atomic E-state index is 0.0909. The molecule has 0 atom stereocenters. The highest BCUT2D eigenvalue weighted by Crippen LogP contribution is 2.32. The summed E-state index contributed by atoms with van der Waals surface area (Å²) in [6.07, 6.45) is 0. The van der Waals surface area contributed by atoms with E-state index in [1.54, 1.807) is 29.2 Å². The molecule has 8 heteroatoms. The highest BCUT2D eigenvalue weighted by molar-refractivity contribution is 6.52. The van der Waals surface area contributed by atoms with E-state index in [1.807, 2.05) is 0 Å². The van der Waals surface area contributed by atoms with Crippen LogP contribution >= 0.6 is 11.6 Å². The number of hydrogen-bond acceptors (Lipinski definition) is 5. The van der Waals surface area contributed by atoms with Gasteiger partial charge in [0.05, 0.1) is 18.9 Å². The Bertz CT molecular complexity index is 741. The molecule has 1 aromatic carbocycles. The van der Waals surface area contributed by atoms with Gasteiger partial charge in [-0.1, -0.05) is 17.7 Å². The van der Waals surface area contributed by atoms with Crippen molar-refractivity contribution < 1.29 is 19.1 Å². The van der Waals surface area contributed by atoms with Crippen LogP contribution in [0.25, 0.3) is 0 Å². The van der Waals surface area contributed by atoms with Gasteiger partial charge in [-0.2, -0.15) is 0 Å². The lowest BCUT2D eigenvalue weighted by Crippen LogP contribution is -2.40. The summed E-state index contributed by atoms with van der Waals surface area (Å²) in [7, 11) is 0. The van der Waals surface area contributed by atoms with Crippen LogP contribution in [-0.4, -0.2) is 48.9 Å². The predicted molar refractivity (Wildman–Crippen MR) is 88.5 cm³/mol. The third kappa shape index (κ3) is 3.00. The normalized spacial score (nSPS) is 18.4. The van der Waals surface area contributed by atoms with Crippen molar-refractivity contribution in [2.75, 3.05) is 36.5 Å². The van der Waals surface area contributed by atoms with Gasteiger partial charge < -0.3 is 15.0 Å². The van der Waals surface area contributed by atoms with Crippen molar-refractivity contribution in [2.24, 2.45) is 0 Å². The average Bonchev–Trinajstić information content (AvgIpc) is 2.77. The second kappa shape index (κ2) is 6.62.